The Bertz CT molecular complexity index is 1250. The lowest BCUT2D eigenvalue weighted by atomic mass is 10.1. The van der Waals surface area contributed by atoms with Gasteiger partial charge in [-0.25, -0.2) is 4.68 Å². The minimum atomic E-state index is -0.165. The fourth-order valence-corrected chi connectivity index (χ4v) is 3.99. The van der Waals surface area contributed by atoms with E-state index in [0.29, 0.717) is 30.2 Å². The van der Waals surface area contributed by atoms with Crippen LogP contribution in [0.2, 0.25) is 0 Å². The van der Waals surface area contributed by atoms with Gasteiger partial charge in [0.15, 0.2) is 0 Å². The molecule has 0 spiro atoms. The van der Waals surface area contributed by atoms with Crippen molar-refractivity contribution in [3.8, 4) is 11.5 Å². The average molecular weight is 421 g/mol. The van der Waals surface area contributed by atoms with Gasteiger partial charge in [-0.15, -0.1) is 10.2 Å². The first-order valence-corrected chi connectivity index (χ1v) is 10.2. The minimum Gasteiger partial charge on any atom is -0.497 e. The normalized spacial score (nSPS) is 16.9. The summed E-state index contributed by atoms with van der Waals surface area (Å²) in [5.41, 5.74) is 3.16. The quantitative estimate of drug-likeness (QED) is 0.467. The summed E-state index contributed by atoms with van der Waals surface area (Å²) in [5, 5.41) is 16.5. The highest BCUT2D eigenvalue weighted by molar-refractivity contribution is 5.88. The third-order valence-corrected chi connectivity index (χ3v) is 5.63. The largest absolute Gasteiger partial charge is 0.497 e. The number of hydrogen-bond acceptors (Lipinski definition) is 8. The minimum absolute atomic E-state index is 0.165. The van der Waals surface area contributed by atoms with E-state index in [1.807, 2.05) is 41.1 Å². The summed E-state index contributed by atoms with van der Waals surface area (Å²) in [7, 11) is 1.64. The first-order valence-electron chi connectivity index (χ1n) is 10.2. The molecule has 0 bridgehead atoms. The molecule has 2 aromatic heterocycles. The fraction of sp³-hybridized carbons (Fsp3) is 0.381. The topological polar surface area (TPSA) is 100 Å². The molecule has 1 fully saturated rings. The van der Waals surface area contributed by atoms with Crippen molar-refractivity contribution in [1.82, 2.24) is 34.9 Å². The molecule has 4 aromatic rings. The van der Waals surface area contributed by atoms with Crippen LogP contribution >= 0.6 is 0 Å². The van der Waals surface area contributed by atoms with Crippen LogP contribution in [0.15, 0.2) is 36.4 Å². The summed E-state index contributed by atoms with van der Waals surface area (Å²) >= 11 is 0. The van der Waals surface area contributed by atoms with Gasteiger partial charge >= 0.3 is 0 Å². The summed E-state index contributed by atoms with van der Waals surface area (Å²) < 4.78 is 14.5. The molecule has 3 heterocycles. The van der Waals surface area contributed by atoms with E-state index in [0.717, 1.165) is 42.0 Å². The van der Waals surface area contributed by atoms with Crippen LogP contribution < -0.4 is 9.47 Å². The first kappa shape index (κ1) is 19.4. The fourth-order valence-electron chi connectivity index (χ4n) is 3.99. The van der Waals surface area contributed by atoms with Crippen molar-refractivity contribution in [3.63, 3.8) is 0 Å². The Kier molecular flexibility index (Phi) is 4.99. The number of carbonyl (C=O) groups is 1. The van der Waals surface area contributed by atoms with Crippen molar-refractivity contribution in [2.45, 2.75) is 20.0 Å². The Morgan fingerprint density at radius 1 is 1.06 bits per heavy atom. The maximum atomic E-state index is 11.6. The number of benzene rings is 2. The van der Waals surface area contributed by atoms with Crippen LogP contribution in [0.4, 0.5) is 0 Å². The van der Waals surface area contributed by atoms with Gasteiger partial charge in [0.2, 0.25) is 5.91 Å². The molecular formula is C21H23N7O3. The van der Waals surface area contributed by atoms with Crippen LogP contribution in [0.25, 0.3) is 22.1 Å². The molecule has 1 aliphatic rings. The number of carbonyl (C=O) groups excluding carboxylic acids is 1. The number of aromatic nitrogens is 6. The highest BCUT2D eigenvalue weighted by Gasteiger charge is 2.24. The second kappa shape index (κ2) is 7.95. The van der Waals surface area contributed by atoms with E-state index in [1.165, 1.54) is 11.6 Å². The van der Waals surface area contributed by atoms with Gasteiger partial charge in [-0.1, -0.05) is 10.4 Å². The van der Waals surface area contributed by atoms with Gasteiger partial charge in [-0.2, -0.15) is 4.68 Å². The van der Waals surface area contributed by atoms with Crippen LogP contribution in [-0.2, 0) is 6.67 Å². The molecular weight excluding hydrogens is 398 g/mol. The van der Waals surface area contributed by atoms with Gasteiger partial charge < -0.3 is 9.47 Å². The highest BCUT2D eigenvalue weighted by atomic mass is 16.5. The van der Waals surface area contributed by atoms with Gasteiger partial charge in [0.25, 0.3) is 0 Å². The molecule has 1 unspecified atom stereocenters. The molecule has 1 aliphatic heterocycles. The molecule has 160 valence electrons. The van der Waals surface area contributed by atoms with Gasteiger partial charge in [0, 0.05) is 38.1 Å². The maximum Gasteiger partial charge on any atom is 0.245 e. The highest BCUT2D eigenvalue weighted by Crippen LogP contribution is 2.23. The van der Waals surface area contributed by atoms with E-state index >= 15 is 0 Å². The Balaban J connectivity index is 1.19. The summed E-state index contributed by atoms with van der Waals surface area (Å²) in [6.45, 7) is 4.69. The third-order valence-electron chi connectivity index (χ3n) is 5.63. The zero-order valence-electron chi connectivity index (χ0n) is 17.4. The molecule has 0 radical (unpaired) electrons. The smallest absolute Gasteiger partial charge is 0.245 e. The van der Waals surface area contributed by atoms with Crippen molar-refractivity contribution >= 4 is 28.0 Å². The first-order chi connectivity index (χ1) is 15.1. The van der Waals surface area contributed by atoms with Crippen molar-refractivity contribution < 1.29 is 14.3 Å². The maximum absolute atomic E-state index is 11.6. The molecule has 0 N–H and O–H groups in total. The lowest BCUT2D eigenvalue weighted by Gasteiger charge is -2.16. The molecule has 1 atom stereocenters. The summed E-state index contributed by atoms with van der Waals surface area (Å²) in [6.07, 6.45) is 1.06. The van der Waals surface area contributed by atoms with E-state index in [2.05, 4.69) is 25.5 Å². The average Bonchev–Trinajstić information content (AvgIpc) is 3.50. The molecule has 0 saturated carbocycles. The molecule has 0 amide bonds. The standard InChI is InChI=1S/C21H23N7O3/c1-14(29)28-21-6-4-17(10-19(21)23-25-28)31-12-15-7-8-26(11-15)13-27-20-5-3-16(30-2)9-18(20)22-24-27/h3-6,9-10,15H,7-8,11-13H2,1-2H3. The van der Waals surface area contributed by atoms with E-state index < -0.39 is 0 Å². The zero-order valence-corrected chi connectivity index (χ0v) is 17.4. The monoisotopic (exact) mass is 421 g/mol. The van der Waals surface area contributed by atoms with Crippen LogP contribution in [0.3, 0.4) is 0 Å². The third kappa shape index (κ3) is 3.81. The predicted molar refractivity (Wildman–Crippen MR) is 113 cm³/mol. The Morgan fingerprint density at radius 2 is 1.81 bits per heavy atom. The number of ether oxygens (including phenoxy) is 2. The van der Waals surface area contributed by atoms with Gasteiger partial charge in [-0.3, -0.25) is 9.69 Å². The van der Waals surface area contributed by atoms with E-state index in [4.69, 9.17) is 9.47 Å². The lowest BCUT2D eigenvalue weighted by Crippen LogP contribution is -2.25. The summed E-state index contributed by atoms with van der Waals surface area (Å²) in [5.74, 6) is 1.78. The van der Waals surface area contributed by atoms with Crippen LogP contribution in [0.1, 0.15) is 18.1 Å². The molecule has 31 heavy (non-hydrogen) atoms. The van der Waals surface area contributed by atoms with Crippen molar-refractivity contribution in [1.29, 1.82) is 0 Å². The molecule has 1 saturated heterocycles. The lowest BCUT2D eigenvalue weighted by molar-refractivity contribution is 0.0924. The Morgan fingerprint density at radius 3 is 2.65 bits per heavy atom. The van der Waals surface area contributed by atoms with Crippen LogP contribution in [0.5, 0.6) is 11.5 Å². The Hall–Kier alpha value is -3.53. The summed E-state index contributed by atoms with van der Waals surface area (Å²) in [6, 6.07) is 11.3. The molecule has 0 aliphatic carbocycles. The second-order valence-electron chi connectivity index (χ2n) is 7.80. The van der Waals surface area contributed by atoms with Gasteiger partial charge in [-0.05, 0) is 30.7 Å². The molecule has 10 heteroatoms. The molecule has 2 aromatic carbocycles. The number of fused-ring (bicyclic) bond motifs is 2. The van der Waals surface area contributed by atoms with E-state index in [1.54, 1.807) is 7.11 Å². The number of methoxy groups -OCH3 is 1. The SMILES string of the molecule is COc1ccc2c(c1)nnn2CN1CCC(COc2ccc3c(c2)nnn3C(C)=O)C1. The Labute approximate surface area is 178 Å². The number of likely N-dealkylation sites (tertiary alicyclic amines) is 1. The van der Waals surface area contributed by atoms with Crippen LogP contribution in [0, 0.1) is 5.92 Å². The van der Waals surface area contributed by atoms with Crippen molar-refractivity contribution in [2.24, 2.45) is 5.92 Å². The van der Waals surface area contributed by atoms with Crippen molar-refractivity contribution in [3.05, 3.63) is 36.4 Å². The van der Waals surface area contributed by atoms with Crippen LogP contribution in [-0.4, -0.2) is 67.6 Å². The molecule has 10 nitrogen and oxygen atoms in total. The predicted octanol–water partition coefficient (Wildman–Crippen LogP) is 2.20. The second-order valence-corrected chi connectivity index (χ2v) is 7.80. The summed E-state index contributed by atoms with van der Waals surface area (Å²) in [4.78, 5) is 13.9. The van der Waals surface area contributed by atoms with E-state index in [-0.39, 0.29) is 5.91 Å². The number of hydrogen-bond donors (Lipinski definition) is 0. The van der Waals surface area contributed by atoms with E-state index in [9.17, 15) is 4.79 Å². The van der Waals surface area contributed by atoms with Crippen molar-refractivity contribution in [2.75, 3.05) is 26.8 Å². The number of nitrogens with zero attached hydrogens (tertiary/aromatic N) is 7. The van der Waals surface area contributed by atoms with Gasteiger partial charge in [0.1, 0.15) is 22.5 Å². The van der Waals surface area contributed by atoms with Gasteiger partial charge in [0.05, 0.1) is 31.4 Å². The number of rotatable bonds is 6. The molecule has 5 rings (SSSR count). The zero-order chi connectivity index (χ0) is 21.4.